The van der Waals surface area contributed by atoms with Gasteiger partial charge < -0.3 is 29.3 Å². The monoisotopic (exact) mass is 541 g/mol. The van der Waals surface area contributed by atoms with E-state index < -0.39 is 35.5 Å². The molecule has 8 heteroatoms. The Morgan fingerprint density at radius 3 is 2.72 bits per heavy atom. The van der Waals surface area contributed by atoms with Crippen LogP contribution in [-0.4, -0.2) is 64.4 Å². The third-order valence-electron chi connectivity index (χ3n) is 9.15. The number of carbonyl (C=O) groups excluding carboxylic acids is 1. The van der Waals surface area contributed by atoms with Crippen molar-refractivity contribution in [2.75, 3.05) is 6.61 Å². The number of rotatable bonds is 1. The van der Waals surface area contributed by atoms with Crippen molar-refractivity contribution < 1.29 is 34.1 Å². The van der Waals surface area contributed by atoms with Gasteiger partial charge in [-0.2, -0.15) is 0 Å². The van der Waals surface area contributed by atoms with E-state index in [0.717, 1.165) is 25.7 Å². The molecule has 2 N–H and O–H groups in total. The second-order valence-corrected chi connectivity index (χ2v) is 12.1. The van der Waals surface area contributed by atoms with Crippen LogP contribution in [0.1, 0.15) is 72.6 Å². The van der Waals surface area contributed by atoms with E-state index >= 15 is 0 Å². The lowest BCUT2D eigenvalue weighted by atomic mass is 9.71. The van der Waals surface area contributed by atoms with Gasteiger partial charge in [0.1, 0.15) is 29.4 Å². The predicted molar refractivity (Wildman–Crippen MR) is 146 cm³/mol. The van der Waals surface area contributed by atoms with Crippen LogP contribution in [0.5, 0.6) is 0 Å². The van der Waals surface area contributed by atoms with E-state index in [4.69, 9.17) is 18.9 Å². The van der Waals surface area contributed by atoms with Crippen LogP contribution < -0.4 is 0 Å². The molecular weight excluding hydrogens is 498 g/mol. The van der Waals surface area contributed by atoms with Crippen molar-refractivity contribution in [1.29, 1.82) is 0 Å². The highest BCUT2D eigenvalue weighted by Crippen LogP contribution is 2.46. The summed E-state index contributed by atoms with van der Waals surface area (Å²) in [4.78, 5) is 13.9. The number of oxime groups is 1. The molecule has 0 aromatic heterocycles. The first-order chi connectivity index (χ1) is 18.7. The molecule has 1 aliphatic carbocycles. The van der Waals surface area contributed by atoms with Crippen LogP contribution in [0.15, 0.2) is 52.8 Å². The molecule has 39 heavy (non-hydrogen) atoms. The van der Waals surface area contributed by atoms with Crippen LogP contribution >= 0.6 is 0 Å². The Morgan fingerprint density at radius 2 is 1.95 bits per heavy atom. The Labute approximate surface area is 231 Å². The molecule has 0 saturated carbocycles. The van der Waals surface area contributed by atoms with Crippen LogP contribution in [0.25, 0.3) is 0 Å². The van der Waals surface area contributed by atoms with Gasteiger partial charge in [0.2, 0.25) is 0 Å². The van der Waals surface area contributed by atoms with Crippen molar-refractivity contribution in [3.63, 3.8) is 0 Å². The summed E-state index contributed by atoms with van der Waals surface area (Å²) >= 11 is 0. The summed E-state index contributed by atoms with van der Waals surface area (Å²) in [7, 11) is 0. The van der Waals surface area contributed by atoms with Gasteiger partial charge in [0.15, 0.2) is 5.79 Å². The number of esters is 1. The van der Waals surface area contributed by atoms with E-state index in [1.807, 2.05) is 12.2 Å². The van der Waals surface area contributed by atoms with Crippen molar-refractivity contribution >= 4 is 11.7 Å². The second-order valence-electron chi connectivity index (χ2n) is 12.1. The number of allylic oxidation sites excluding steroid dienone is 4. The number of hydrogen-bond acceptors (Lipinski definition) is 8. The first kappa shape index (κ1) is 28.3. The Balaban J connectivity index is 1.51. The van der Waals surface area contributed by atoms with E-state index in [-0.39, 0.29) is 30.4 Å². The van der Waals surface area contributed by atoms with Crippen molar-refractivity contribution in [3.05, 3.63) is 47.6 Å². The van der Waals surface area contributed by atoms with Gasteiger partial charge in [0.05, 0.1) is 18.8 Å². The van der Waals surface area contributed by atoms with E-state index in [0.29, 0.717) is 36.3 Å². The third-order valence-corrected chi connectivity index (χ3v) is 9.15. The molecule has 0 aromatic carbocycles. The zero-order chi connectivity index (χ0) is 27.8. The fourth-order valence-electron chi connectivity index (χ4n) is 6.87. The maximum atomic E-state index is 13.9. The van der Waals surface area contributed by atoms with Crippen LogP contribution in [0.4, 0.5) is 0 Å². The molecule has 5 rings (SSSR count). The zero-order valence-corrected chi connectivity index (χ0v) is 23.5. The second kappa shape index (κ2) is 11.3. The van der Waals surface area contributed by atoms with Crippen molar-refractivity contribution in [2.45, 2.75) is 108 Å². The van der Waals surface area contributed by atoms with Gasteiger partial charge in [-0.15, -0.1) is 0 Å². The molecule has 4 heterocycles. The molecule has 2 bridgehead atoms. The van der Waals surface area contributed by atoms with Gasteiger partial charge in [-0.1, -0.05) is 62.4 Å². The minimum Gasteiger partial charge on any atom is -0.462 e. The fraction of sp³-hybridized carbons (Fsp3) is 0.677. The summed E-state index contributed by atoms with van der Waals surface area (Å²) in [6.07, 6.45) is 15.6. The summed E-state index contributed by atoms with van der Waals surface area (Å²) in [5.74, 6) is -1.59. The standard InChI is InChI=1S/C31H43NO7/c1-5-26-20(3)13-14-30(39-26)17-24-16-23(38-30)12-7-6-9-19(2)10-8-11-22-18-36-28-27(32-35)21(4)15-25(29(33)37-24)31(22,28)34/h6-8,10-11,15,19-20,23-26,28,34-35H,5,9,12-14,16-18H2,1-4H3/b7-6?,10-8?,22-11?,32-27-/t19-,20+,23-,24+,25+,26-,28-,30-,31-/m1/s1. The number of nitrogens with zero attached hydrogens (tertiary/aromatic N) is 1. The lowest BCUT2D eigenvalue weighted by Crippen LogP contribution is -2.57. The van der Waals surface area contributed by atoms with Gasteiger partial charge in [0.25, 0.3) is 0 Å². The van der Waals surface area contributed by atoms with Crippen molar-refractivity contribution in [2.24, 2.45) is 22.9 Å². The van der Waals surface area contributed by atoms with E-state index in [1.165, 1.54) is 0 Å². The molecule has 8 nitrogen and oxygen atoms in total. The highest BCUT2D eigenvalue weighted by molar-refractivity contribution is 6.06. The average molecular weight is 542 g/mol. The predicted octanol–water partition coefficient (Wildman–Crippen LogP) is 5.00. The summed E-state index contributed by atoms with van der Waals surface area (Å²) in [6, 6.07) is 0. The van der Waals surface area contributed by atoms with Gasteiger partial charge in [-0.3, -0.25) is 4.79 Å². The molecule has 3 saturated heterocycles. The van der Waals surface area contributed by atoms with E-state index in [1.54, 1.807) is 13.0 Å². The molecule has 4 aliphatic heterocycles. The Kier molecular flexibility index (Phi) is 8.20. The molecule has 9 atom stereocenters. The number of hydrogen-bond donors (Lipinski definition) is 2. The molecule has 1 spiro atoms. The summed E-state index contributed by atoms with van der Waals surface area (Å²) in [5, 5.41) is 25.2. The maximum Gasteiger partial charge on any atom is 0.316 e. The van der Waals surface area contributed by atoms with Gasteiger partial charge in [-0.05, 0) is 55.6 Å². The topological polar surface area (TPSA) is 107 Å². The number of ether oxygens (including phenoxy) is 4. The molecule has 0 amide bonds. The minimum atomic E-state index is -1.71. The number of aliphatic hydroxyl groups is 1. The smallest absolute Gasteiger partial charge is 0.316 e. The Bertz CT molecular complexity index is 1090. The highest BCUT2D eigenvalue weighted by Gasteiger charge is 2.59. The highest BCUT2D eigenvalue weighted by atomic mass is 16.7. The van der Waals surface area contributed by atoms with E-state index in [2.05, 4.69) is 44.2 Å². The quantitative estimate of drug-likeness (QED) is 0.208. The molecule has 0 aromatic rings. The largest absolute Gasteiger partial charge is 0.462 e. The molecule has 3 fully saturated rings. The summed E-state index contributed by atoms with van der Waals surface area (Å²) in [5.41, 5.74) is -0.352. The van der Waals surface area contributed by atoms with Crippen LogP contribution in [0.2, 0.25) is 0 Å². The normalized spacial score (nSPS) is 44.1. The Hall–Kier alpha value is -2.26. The van der Waals surface area contributed by atoms with Crippen LogP contribution in [0, 0.1) is 17.8 Å². The van der Waals surface area contributed by atoms with Gasteiger partial charge in [0, 0.05) is 19.3 Å². The molecule has 0 unspecified atom stereocenters. The molecular formula is C31H43NO7. The van der Waals surface area contributed by atoms with E-state index in [9.17, 15) is 15.1 Å². The van der Waals surface area contributed by atoms with Crippen molar-refractivity contribution in [1.82, 2.24) is 0 Å². The number of carbonyl (C=O) groups is 1. The fourth-order valence-corrected chi connectivity index (χ4v) is 6.87. The SMILES string of the molecule is CC[C@H]1O[C@]2(CC[C@@H]1C)C[C@@H]1C[C@@H](CC=CC[C@@H](C)C=CC=C3CO[C@@H]4/C(=N\O)C(C)=C[C@@H](C(=O)O1)[C@]34O)O2. The Morgan fingerprint density at radius 1 is 1.15 bits per heavy atom. The lowest BCUT2D eigenvalue weighted by Gasteiger charge is -2.49. The van der Waals surface area contributed by atoms with Crippen LogP contribution in [0.3, 0.4) is 0 Å². The number of fused-ring (bicyclic) bond motifs is 2. The maximum absolute atomic E-state index is 13.9. The van der Waals surface area contributed by atoms with Gasteiger partial charge >= 0.3 is 5.97 Å². The third kappa shape index (κ3) is 5.41. The summed E-state index contributed by atoms with van der Waals surface area (Å²) < 4.78 is 25.4. The van der Waals surface area contributed by atoms with Gasteiger partial charge in [-0.25, -0.2) is 0 Å². The minimum absolute atomic E-state index is 0.0970. The first-order valence-corrected chi connectivity index (χ1v) is 14.5. The van der Waals surface area contributed by atoms with Crippen molar-refractivity contribution in [3.8, 4) is 0 Å². The first-order valence-electron chi connectivity index (χ1n) is 14.5. The zero-order valence-electron chi connectivity index (χ0n) is 23.5. The molecule has 214 valence electrons. The summed E-state index contributed by atoms with van der Waals surface area (Å²) in [6.45, 7) is 8.36. The lowest BCUT2D eigenvalue weighted by molar-refractivity contribution is -0.335. The average Bonchev–Trinajstić information content (AvgIpc) is 3.23. The van der Waals surface area contributed by atoms with Crippen LogP contribution in [-0.2, 0) is 23.7 Å². The molecule has 0 radical (unpaired) electrons. The molecule has 5 aliphatic rings.